The van der Waals surface area contributed by atoms with E-state index in [0.717, 1.165) is 16.7 Å². The number of hydrogen-bond acceptors (Lipinski definition) is 7. The second kappa shape index (κ2) is 11.7. The lowest BCUT2D eigenvalue weighted by Crippen LogP contribution is -2.32. The lowest BCUT2D eigenvalue weighted by atomic mass is 10.1. The Hall–Kier alpha value is -3.93. The highest BCUT2D eigenvalue weighted by Gasteiger charge is 2.35. The number of hydrogen-bond donors (Lipinski definition) is 0. The maximum atomic E-state index is 12.8. The number of amides is 2. The number of carbonyl (C=O) groups excluding carboxylic acids is 2. The Morgan fingerprint density at radius 3 is 2.56 bits per heavy atom. The standard InChI is InChI=1S/C27H21ClN2O5S/c1-33-23-14-18(13-22(28)25(23)35-17-20-8-6-5-7-19(20)16-29)15-24-26(31)30(27(32)36-24)11-12-34-21-9-3-2-4-10-21/h2-10,13-15H,11-12,17H2,1H3/b24-15-. The minimum absolute atomic E-state index is 0.128. The Morgan fingerprint density at radius 2 is 1.81 bits per heavy atom. The molecular formula is C27H21ClN2O5S. The zero-order chi connectivity index (χ0) is 25.5. The summed E-state index contributed by atoms with van der Waals surface area (Å²) in [5.41, 5.74) is 1.80. The molecule has 182 valence electrons. The van der Waals surface area contributed by atoms with Crippen LogP contribution in [0.15, 0.2) is 71.6 Å². The number of nitriles is 1. The van der Waals surface area contributed by atoms with Crippen molar-refractivity contribution in [2.24, 2.45) is 0 Å². The van der Waals surface area contributed by atoms with Crippen molar-refractivity contribution >= 4 is 40.6 Å². The van der Waals surface area contributed by atoms with Crippen molar-refractivity contribution in [3.63, 3.8) is 0 Å². The van der Waals surface area contributed by atoms with E-state index in [1.165, 1.54) is 7.11 Å². The fourth-order valence-electron chi connectivity index (χ4n) is 3.48. The highest BCUT2D eigenvalue weighted by molar-refractivity contribution is 8.18. The molecule has 9 heteroatoms. The molecular weight excluding hydrogens is 500 g/mol. The van der Waals surface area contributed by atoms with Crippen LogP contribution >= 0.6 is 23.4 Å². The number of nitrogens with zero attached hydrogens (tertiary/aromatic N) is 2. The molecule has 0 aromatic heterocycles. The maximum absolute atomic E-state index is 12.8. The number of carbonyl (C=O) groups is 2. The zero-order valence-corrected chi connectivity index (χ0v) is 20.8. The second-order valence-electron chi connectivity index (χ2n) is 7.59. The molecule has 4 rings (SSSR count). The van der Waals surface area contributed by atoms with Crippen LogP contribution < -0.4 is 14.2 Å². The van der Waals surface area contributed by atoms with Crippen LogP contribution in [0.5, 0.6) is 17.2 Å². The number of ether oxygens (including phenoxy) is 3. The molecule has 0 atom stereocenters. The summed E-state index contributed by atoms with van der Waals surface area (Å²) in [7, 11) is 1.48. The Bertz CT molecular complexity index is 1350. The van der Waals surface area contributed by atoms with E-state index in [0.29, 0.717) is 33.9 Å². The van der Waals surface area contributed by atoms with Crippen LogP contribution in [0.25, 0.3) is 6.08 Å². The van der Waals surface area contributed by atoms with Crippen LogP contribution in [0.4, 0.5) is 4.79 Å². The molecule has 1 heterocycles. The molecule has 0 spiro atoms. The molecule has 0 N–H and O–H groups in total. The van der Waals surface area contributed by atoms with E-state index in [1.807, 2.05) is 24.3 Å². The molecule has 3 aromatic carbocycles. The Kier molecular flexibility index (Phi) is 8.16. The largest absolute Gasteiger partial charge is 0.493 e. The average molecular weight is 521 g/mol. The van der Waals surface area contributed by atoms with Gasteiger partial charge in [0.2, 0.25) is 0 Å². The van der Waals surface area contributed by atoms with Gasteiger partial charge in [0.15, 0.2) is 11.5 Å². The first-order chi connectivity index (χ1) is 17.5. The van der Waals surface area contributed by atoms with Crippen molar-refractivity contribution in [1.82, 2.24) is 4.90 Å². The molecule has 1 saturated heterocycles. The number of imide groups is 1. The van der Waals surface area contributed by atoms with Crippen molar-refractivity contribution in [1.29, 1.82) is 5.26 Å². The van der Waals surface area contributed by atoms with E-state index in [4.69, 9.17) is 25.8 Å². The minimum atomic E-state index is -0.398. The first-order valence-corrected chi connectivity index (χ1v) is 12.1. The first-order valence-electron chi connectivity index (χ1n) is 10.9. The van der Waals surface area contributed by atoms with Crippen LogP contribution in [0.3, 0.4) is 0 Å². The molecule has 1 fully saturated rings. The van der Waals surface area contributed by atoms with E-state index in [1.54, 1.807) is 48.5 Å². The molecule has 0 unspecified atom stereocenters. The monoisotopic (exact) mass is 520 g/mol. The van der Waals surface area contributed by atoms with E-state index in [-0.39, 0.29) is 34.9 Å². The third kappa shape index (κ3) is 5.82. The van der Waals surface area contributed by atoms with Crippen LogP contribution in [0.1, 0.15) is 16.7 Å². The molecule has 1 aliphatic heterocycles. The highest BCUT2D eigenvalue weighted by atomic mass is 35.5. The van der Waals surface area contributed by atoms with E-state index in [2.05, 4.69) is 6.07 Å². The van der Waals surface area contributed by atoms with Gasteiger partial charge in [-0.1, -0.05) is 48.0 Å². The lowest BCUT2D eigenvalue weighted by molar-refractivity contribution is -0.123. The number of para-hydroxylation sites is 1. The summed E-state index contributed by atoms with van der Waals surface area (Å²) in [5.74, 6) is 0.944. The molecule has 0 bridgehead atoms. The molecule has 1 aliphatic rings. The van der Waals surface area contributed by atoms with E-state index < -0.39 is 5.91 Å². The first kappa shape index (κ1) is 25.2. The Balaban J connectivity index is 1.46. The van der Waals surface area contributed by atoms with Gasteiger partial charge in [0.1, 0.15) is 19.0 Å². The van der Waals surface area contributed by atoms with Gasteiger partial charge in [0.05, 0.1) is 35.2 Å². The molecule has 2 amide bonds. The third-order valence-electron chi connectivity index (χ3n) is 5.26. The minimum Gasteiger partial charge on any atom is -0.493 e. The summed E-state index contributed by atoms with van der Waals surface area (Å²) >= 11 is 7.33. The smallest absolute Gasteiger partial charge is 0.293 e. The predicted molar refractivity (Wildman–Crippen MR) is 138 cm³/mol. The average Bonchev–Trinajstić information content (AvgIpc) is 3.15. The summed E-state index contributed by atoms with van der Waals surface area (Å²) < 4.78 is 16.9. The van der Waals surface area contributed by atoms with Crippen molar-refractivity contribution in [2.75, 3.05) is 20.3 Å². The summed E-state index contributed by atoms with van der Waals surface area (Å²) in [6.45, 7) is 0.455. The van der Waals surface area contributed by atoms with Crippen LogP contribution in [0.2, 0.25) is 5.02 Å². The van der Waals surface area contributed by atoms with Crippen molar-refractivity contribution in [3.8, 4) is 23.3 Å². The normalized spacial score (nSPS) is 14.1. The van der Waals surface area contributed by atoms with Gasteiger partial charge in [-0.2, -0.15) is 5.26 Å². The number of benzene rings is 3. The molecule has 0 aliphatic carbocycles. The van der Waals surface area contributed by atoms with Crippen molar-refractivity contribution in [3.05, 3.63) is 93.3 Å². The summed E-state index contributed by atoms with van der Waals surface area (Å²) in [5, 5.41) is 9.18. The molecule has 7 nitrogen and oxygen atoms in total. The summed E-state index contributed by atoms with van der Waals surface area (Å²) in [4.78, 5) is 26.7. The quantitative estimate of drug-likeness (QED) is 0.324. The summed E-state index contributed by atoms with van der Waals surface area (Å²) in [6.07, 6.45) is 1.59. The molecule has 3 aromatic rings. The van der Waals surface area contributed by atoms with E-state index >= 15 is 0 Å². The number of halogens is 1. The van der Waals surface area contributed by atoms with Crippen LogP contribution in [0, 0.1) is 11.3 Å². The fraction of sp³-hybridized carbons (Fsp3) is 0.148. The van der Waals surface area contributed by atoms with Crippen LogP contribution in [-0.4, -0.2) is 36.3 Å². The van der Waals surface area contributed by atoms with Gasteiger partial charge in [0, 0.05) is 5.56 Å². The van der Waals surface area contributed by atoms with Gasteiger partial charge in [-0.15, -0.1) is 0 Å². The zero-order valence-electron chi connectivity index (χ0n) is 19.3. The predicted octanol–water partition coefficient (Wildman–Crippen LogP) is 5.91. The number of methoxy groups -OCH3 is 1. The van der Waals surface area contributed by atoms with Gasteiger partial charge >= 0.3 is 0 Å². The fourth-order valence-corrected chi connectivity index (χ4v) is 4.62. The molecule has 36 heavy (non-hydrogen) atoms. The van der Waals surface area contributed by atoms with Crippen LogP contribution in [-0.2, 0) is 11.4 Å². The lowest BCUT2D eigenvalue weighted by Gasteiger charge is -2.14. The second-order valence-corrected chi connectivity index (χ2v) is 8.99. The maximum Gasteiger partial charge on any atom is 0.293 e. The highest BCUT2D eigenvalue weighted by Crippen LogP contribution is 2.39. The van der Waals surface area contributed by atoms with Gasteiger partial charge in [0.25, 0.3) is 11.1 Å². The number of rotatable bonds is 9. The van der Waals surface area contributed by atoms with Gasteiger partial charge in [-0.3, -0.25) is 14.5 Å². The SMILES string of the molecule is COc1cc(/C=C2\SC(=O)N(CCOc3ccccc3)C2=O)cc(Cl)c1OCc1ccccc1C#N. The topological polar surface area (TPSA) is 88.9 Å². The third-order valence-corrected chi connectivity index (χ3v) is 6.45. The molecule has 0 saturated carbocycles. The van der Waals surface area contributed by atoms with Crippen molar-refractivity contribution < 1.29 is 23.8 Å². The van der Waals surface area contributed by atoms with Crippen molar-refractivity contribution in [2.45, 2.75) is 6.61 Å². The summed E-state index contributed by atoms with van der Waals surface area (Å²) in [6, 6.07) is 21.7. The van der Waals surface area contributed by atoms with Gasteiger partial charge in [-0.05, 0) is 53.7 Å². The van der Waals surface area contributed by atoms with E-state index in [9.17, 15) is 14.9 Å². The molecule has 0 radical (unpaired) electrons. The van der Waals surface area contributed by atoms with Gasteiger partial charge < -0.3 is 14.2 Å². The Labute approximate surface area is 217 Å². The van der Waals surface area contributed by atoms with Gasteiger partial charge in [-0.25, -0.2) is 0 Å². The Morgan fingerprint density at radius 1 is 1.06 bits per heavy atom. The number of thioether (sulfide) groups is 1.